The quantitative estimate of drug-likeness (QED) is 0.769. The number of hydrogen-bond acceptors (Lipinski definition) is 6. The molecule has 0 saturated carbocycles. The molecule has 2 aliphatic heterocycles. The zero-order valence-electron chi connectivity index (χ0n) is 16.3. The van der Waals surface area contributed by atoms with Crippen LogP contribution in [0.1, 0.15) is 18.4 Å². The van der Waals surface area contributed by atoms with Crippen molar-refractivity contribution in [3.8, 4) is 0 Å². The first-order valence-corrected chi connectivity index (χ1v) is 12.8. The molecule has 2 aromatic rings. The number of benzene rings is 2. The van der Waals surface area contributed by atoms with Crippen LogP contribution in [0.2, 0.25) is 0 Å². The lowest BCUT2D eigenvalue weighted by molar-refractivity contribution is -0.121. The number of fused-ring (bicyclic) bond motifs is 1. The largest absolute Gasteiger partial charge is 0.355 e. The van der Waals surface area contributed by atoms with Crippen molar-refractivity contribution >= 4 is 37.3 Å². The standard InChI is InChI=1S/C20H21N3O5S2/c1-29(25,26)16-10-8-15(9-11-16)21-20(24)14-5-4-12-23(13-14)19-17-6-2-3-7-18(17)30(27,28)22-19/h2-3,6-11,14H,4-5,12-13H2,1H3,(H,21,24). The molecule has 0 spiro atoms. The SMILES string of the molecule is CS(=O)(=O)c1ccc(NC(=O)C2CCCN(C3=NS(=O)(=O)c4ccccc43)C2)cc1. The van der Waals surface area contributed by atoms with Gasteiger partial charge in [0.1, 0.15) is 4.90 Å². The van der Waals surface area contributed by atoms with Gasteiger partial charge in [-0.1, -0.05) is 12.1 Å². The number of carbonyl (C=O) groups is 1. The summed E-state index contributed by atoms with van der Waals surface area (Å²) in [6.07, 6.45) is 2.53. The Hall–Kier alpha value is -2.72. The Morgan fingerprint density at radius 2 is 1.83 bits per heavy atom. The number of rotatable bonds is 3. The summed E-state index contributed by atoms with van der Waals surface area (Å²) in [4.78, 5) is 15.0. The molecule has 1 N–H and O–H groups in total. The number of amides is 1. The summed E-state index contributed by atoms with van der Waals surface area (Å²) in [6.45, 7) is 0.978. The summed E-state index contributed by atoms with van der Waals surface area (Å²) in [5.74, 6) is -0.145. The van der Waals surface area contributed by atoms with Crippen molar-refractivity contribution in [1.82, 2.24) is 4.90 Å². The number of sulfone groups is 1. The fraction of sp³-hybridized carbons (Fsp3) is 0.300. The molecule has 4 rings (SSSR count). The van der Waals surface area contributed by atoms with Gasteiger partial charge in [0.2, 0.25) is 5.91 Å². The zero-order valence-corrected chi connectivity index (χ0v) is 17.9. The fourth-order valence-corrected chi connectivity index (χ4v) is 5.59. The molecular formula is C20H21N3O5S2. The molecule has 10 heteroatoms. The number of hydrogen-bond donors (Lipinski definition) is 1. The first-order valence-electron chi connectivity index (χ1n) is 9.45. The monoisotopic (exact) mass is 447 g/mol. The van der Waals surface area contributed by atoms with E-state index in [0.717, 1.165) is 12.7 Å². The van der Waals surface area contributed by atoms with Crippen LogP contribution in [0.15, 0.2) is 62.7 Å². The first-order chi connectivity index (χ1) is 14.1. The van der Waals surface area contributed by atoms with Crippen molar-refractivity contribution in [1.29, 1.82) is 0 Å². The Bertz CT molecular complexity index is 1240. The molecule has 0 bridgehead atoms. The van der Waals surface area contributed by atoms with Crippen molar-refractivity contribution in [3.63, 3.8) is 0 Å². The molecule has 2 heterocycles. The van der Waals surface area contributed by atoms with Gasteiger partial charge in [-0.3, -0.25) is 4.79 Å². The second-order valence-corrected chi connectivity index (χ2v) is 11.0. The number of sulfonamides is 1. The van der Waals surface area contributed by atoms with Crippen LogP contribution in [0.3, 0.4) is 0 Å². The van der Waals surface area contributed by atoms with E-state index < -0.39 is 19.9 Å². The number of carbonyl (C=O) groups excluding carboxylic acids is 1. The highest BCUT2D eigenvalue weighted by atomic mass is 32.2. The molecule has 1 saturated heterocycles. The molecular weight excluding hydrogens is 426 g/mol. The summed E-state index contributed by atoms with van der Waals surface area (Å²) in [5.41, 5.74) is 1.07. The Morgan fingerprint density at radius 1 is 1.13 bits per heavy atom. The van der Waals surface area contributed by atoms with E-state index in [-0.39, 0.29) is 21.6 Å². The molecule has 158 valence electrons. The lowest BCUT2D eigenvalue weighted by Crippen LogP contribution is -2.43. The van der Waals surface area contributed by atoms with E-state index in [2.05, 4.69) is 9.71 Å². The minimum Gasteiger partial charge on any atom is -0.355 e. The van der Waals surface area contributed by atoms with E-state index >= 15 is 0 Å². The van der Waals surface area contributed by atoms with Gasteiger partial charge >= 0.3 is 0 Å². The van der Waals surface area contributed by atoms with Crippen LogP contribution >= 0.6 is 0 Å². The van der Waals surface area contributed by atoms with E-state index in [0.29, 0.717) is 36.6 Å². The second kappa shape index (κ2) is 7.51. The van der Waals surface area contributed by atoms with Crippen LogP contribution in [0.5, 0.6) is 0 Å². The third-order valence-corrected chi connectivity index (χ3v) is 7.71. The van der Waals surface area contributed by atoms with Crippen LogP contribution in [-0.4, -0.2) is 52.8 Å². The van der Waals surface area contributed by atoms with Gasteiger partial charge in [0.25, 0.3) is 10.0 Å². The minimum absolute atomic E-state index is 0.184. The van der Waals surface area contributed by atoms with Crippen molar-refractivity contribution in [2.45, 2.75) is 22.6 Å². The zero-order chi connectivity index (χ0) is 21.5. The Morgan fingerprint density at radius 3 is 2.53 bits per heavy atom. The van der Waals surface area contributed by atoms with Gasteiger partial charge in [-0.05, 0) is 49.2 Å². The molecule has 1 atom stereocenters. The predicted octanol–water partition coefficient (Wildman–Crippen LogP) is 1.89. The van der Waals surface area contributed by atoms with E-state index in [1.54, 1.807) is 30.3 Å². The normalized spacial score (nSPS) is 20.4. The van der Waals surface area contributed by atoms with Gasteiger partial charge in [0.05, 0.1) is 10.8 Å². The van der Waals surface area contributed by atoms with Crippen molar-refractivity contribution in [3.05, 3.63) is 54.1 Å². The molecule has 1 fully saturated rings. The van der Waals surface area contributed by atoms with Crippen LogP contribution in [0.25, 0.3) is 0 Å². The summed E-state index contributed by atoms with van der Waals surface area (Å²) in [5, 5.41) is 2.82. The molecule has 1 amide bonds. The fourth-order valence-electron chi connectivity index (χ4n) is 3.73. The van der Waals surface area contributed by atoms with Crippen LogP contribution < -0.4 is 5.32 Å². The molecule has 30 heavy (non-hydrogen) atoms. The van der Waals surface area contributed by atoms with Gasteiger partial charge in [-0.25, -0.2) is 8.42 Å². The number of anilines is 1. The smallest absolute Gasteiger partial charge is 0.285 e. The third kappa shape index (κ3) is 3.97. The number of nitrogens with one attached hydrogen (secondary N) is 1. The van der Waals surface area contributed by atoms with E-state index in [9.17, 15) is 21.6 Å². The third-order valence-electron chi connectivity index (χ3n) is 5.25. The van der Waals surface area contributed by atoms with Crippen LogP contribution in [-0.2, 0) is 24.7 Å². The van der Waals surface area contributed by atoms with E-state index in [4.69, 9.17) is 0 Å². The van der Waals surface area contributed by atoms with E-state index in [1.165, 1.54) is 18.2 Å². The molecule has 0 aromatic heterocycles. The number of piperidine rings is 1. The highest BCUT2D eigenvalue weighted by Crippen LogP contribution is 2.30. The summed E-state index contributed by atoms with van der Waals surface area (Å²) >= 11 is 0. The Labute approximate surface area is 175 Å². The maximum Gasteiger partial charge on any atom is 0.285 e. The van der Waals surface area contributed by atoms with Gasteiger partial charge in [-0.2, -0.15) is 8.42 Å². The highest BCUT2D eigenvalue weighted by molar-refractivity contribution is 7.91. The molecule has 2 aliphatic rings. The van der Waals surface area contributed by atoms with Gasteiger partial charge in [0.15, 0.2) is 15.7 Å². The molecule has 8 nitrogen and oxygen atoms in total. The molecule has 0 aliphatic carbocycles. The van der Waals surface area contributed by atoms with Crippen molar-refractivity contribution in [2.75, 3.05) is 24.7 Å². The number of nitrogens with zero attached hydrogens (tertiary/aromatic N) is 2. The van der Waals surface area contributed by atoms with Gasteiger partial charge in [-0.15, -0.1) is 4.40 Å². The highest BCUT2D eigenvalue weighted by Gasteiger charge is 2.35. The first kappa shape index (κ1) is 20.5. The van der Waals surface area contributed by atoms with Crippen molar-refractivity contribution < 1.29 is 21.6 Å². The second-order valence-electron chi connectivity index (χ2n) is 7.46. The maximum absolute atomic E-state index is 12.8. The average Bonchev–Trinajstić information content (AvgIpc) is 2.99. The summed E-state index contributed by atoms with van der Waals surface area (Å²) in [6, 6.07) is 12.7. The summed E-state index contributed by atoms with van der Waals surface area (Å²) < 4.78 is 51.7. The van der Waals surface area contributed by atoms with Crippen LogP contribution in [0.4, 0.5) is 5.69 Å². The minimum atomic E-state index is -3.71. The predicted molar refractivity (Wildman–Crippen MR) is 113 cm³/mol. The Kier molecular flexibility index (Phi) is 5.15. The Balaban J connectivity index is 1.49. The topological polar surface area (TPSA) is 113 Å². The molecule has 0 radical (unpaired) electrons. The molecule has 1 unspecified atom stereocenters. The summed E-state index contributed by atoms with van der Waals surface area (Å²) in [7, 11) is -7.01. The van der Waals surface area contributed by atoms with Crippen molar-refractivity contribution in [2.24, 2.45) is 10.3 Å². The molecule has 2 aromatic carbocycles. The maximum atomic E-state index is 12.8. The average molecular weight is 448 g/mol. The van der Waals surface area contributed by atoms with Crippen LogP contribution in [0, 0.1) is 5.92 Å². The lowest BCUT2D eigenvalue weighted by atomic mass is 9.96. The van der Waals surface area contributed by atoms with E-state index in [1.807, 2.05) is 4.90 Å². The number of amidine groups is 1. The number of likely N-dealkylation sites (tertiary alicyclic amines) is 1. The van der Waals surface area contributed by atoms with Gasteiger partial charge < -0.3 is 10.2 Å². The lowest BCUT2D eigenvalue weighted by Gasteiger charge is -2.33. The van der Waals surface area contributed by atoms with Gasteiger partial charge in [0, 0.05) is 30.6 Å².